The zero-order valence-corrected chi connectivity index (χ0v) is 29.2. The predicted molar refractivity (Wildman–Crippen MR) is 203 cm³/mol. The van der Waals surface area contributed by atoms with Gasteiger partial charge in [-0.25, -0.2) is 4.68 Å². The number of hydrogen-bond acceptors (Lipinski definition) is 5. The highest BCUT2D eigenvalue weighted by atomic mass is 16.5. The summed E-state index contributed by atoms with van der Waals surface area (Å²) in [5, 5.41) is 11.7. The fourth-order valence-electron chi connectivity index (χ4n) is 6.26. The van der Waals surface area contributed by atoms with Crippen LogP contribution in [0.15, 0.2) is 133 Å². The molecule has 7 nitrogen and oxygen atoms in total. The quantitative estimate of drug-likeness (QED) is 0.113. The normalized spacial score (nSPS) is 13.1. The first-order valence-electron chi connectivity index (χ1n) is 17.8. The number of nitrogens with one attached hydrogen (secondary N) is 2. The number of nitrogens with zero attached hydrogens (tertiary/aromatic N) is 2. The van der Waals surface area contributed by atoms with Crippen molar-refractivity contribution in [1.82, 2.24) is 15.1 Å². The maximum Gasteiger partial charge on any atom is 0.274 e. The zero-order valence-electron chi connectivity index (χ0n) is 29.2. The van der Waals surface area contributed by atoms with Crippen molar-refractivity contribution in [2.24, 2.45) is 5.92 Å². The van der Waals surface area contributed by atoms with Crippen molar-refractivity contribution in [3.8, 4) is 17.2 Å². The van der Waals surface area contributed by atoms with Gasteiger partial charge < -0.3 is 20.1 Å². The molecule has 1 saturated carbocycles. The molecule has 5 aromatic carbocycles. The smallest absolute Gasteiger partial charge is 0.274 e. The molecule has 1 aliphatic carbocycles. The Morgan fingerprint density at radius 1 is 0.784 bits per heavy atom. The van der Waals surface area contributed by atoms with E-state index in [0.717, 1.165) is 46.6 Å². The Labute approximate surface area is 300 Å². The molecule has 6 aromatic rings. The van der Waals surface area contributed by atoms with E-state index in [0.29, 0.717) is 42.0 Å². The molecule has 0 spiro atoms. The van der Waals surface area contributed by atoms with E-state index in [9.17, 15) is 4.79 Å². The molecule has 1 atom stereocenters. The minimum Gasteiger partial charge on any atom is -0.485 e. The van der Waals surface area contributed by atoms with Gasteiger partial charge in [-0.3, -0.25) is 4.79 Å². The molecule has 1 unspecified atom stereocenters. The van der Waals surface area contributed by atoms with E-state index in [1.54, 1.807) is 4.68 Å². The van der Waals surface area contributed by atoms with Gasteiger partial charge in [-0.2, -0.15) is 5.10 Å². The lowest BCUT2D eigenvalue weighted by molar-refractivity contribution is 0.101. The lowest BCUT2D eigenvalue weighted by Gasteiger charge is -2.25. The van der Waals surface area contributed by atoms with Crippen LogP contribution in [0.3, 0.4) is 0 Å². The molecule has 1 amide bonds. The minimum atomic E-state index is -0.222. The first-order chi connectivity index (χ1) is 25.0. The number of amides is 1. The van der Waals surface area contributed by atoms with Crippen molar-refractivity contribution in [2.75, 3.05) is 11.9 Å². The standard InChI is InChI=1S/C44H44N4O3/c1-3-32-17-10-20-38(26-32)48-40(25-31(2)47-48)44(49)46-37-19-11-18-36(27-37)42(45-28-33-23-24-33)39-21-12-22-41(50-29-34-13-6-4-7-14-34)43(39)51-30-35-15-8-5-9-16-35/h4-22,25-27,33,42,45H,3,23-24,28-30H2,1-2H3,(H,46,49). The number of carbonyl (C=O) groups excluding carboxylic acids is 1. The lowest BCUT2D eigenvalue weighted by Crippen LogP contribution is -2.25. The highest BCUT2D eigenvalue weighted by Crippen LogP contribution is 2.40. The minimum absolute atomic E-state index is 0.210. The Balaban J connectivity index is 1.20. The molecule has 0 saturated heterocycles. The summed E-state index contributed by atoms with van der Waals surface area (Å²) in [5.41, 5.74) is 8.15. The lowest BCUT2D eigenvalue weighted by atomic mass is 9.96. The Morgan fingerprint density at radius 2 is 1.47 bits per heavy atom. The second-order valence-corrected chi connectivity index (χ2v) is 13.2. The monoisotopic (exact) mass is 676 g/mol. The van der Waals surface area contributed by atoms with E-state index < -0.39 is 0 Å². The fraction of sp³-hybridized carbons (Fsp3) is 0.227. The topological polar surface area (TPSA) is 77.4 Å². The van der Waals surface area contributed by atoms with Crippen LogP contribution >= 0.6 is 0 Å². The van der Waals surface area contributed by atoms with Crippen LogP contribution in [0.25, 0.3) is 5.69 Å². The van der Waals surface area contributed by atoms with Gasteiger partial charge in [0.1, 0.15) is 18.9 Å². The number of aromatic nitrogens is 2. The second kappa shape index (κ2) is 15.9. The molecule has 2 N–H and O–H groups in total. The van der Waals surface area contributed by atoms with Crippen molar-refractivity contribution < 1.29 is 14.3 Å². The van der Waals surface area contributed by atoms with E-state index in [2.05, 4.69) is 71.2 Å². The predicted octanol–water partition coefficient (Wildman–Crippen LogP) is 9.24. The molecule has 1 aliphatic rings. The molecular weight excluding hydrogens is 633 g/mol. The molecule has 7 rings (SSSR count). The van der Waals surface area contributed by atoms with Gasteiger partial charge in [0.05, 0.1) is 17.4 Å². The summed E-state index contributed by atoms with van der Waals surface area (Å²) in [6.07, 6.45) is 3.35. The molecular formula is C44H44N4O3. The molecule has 1 fully saturated rings. The van der Waals surface area contributed by atoms with Gasteiger partial charge in [-0.05, 0) is 97.3 Å². The number of carbonyl (C=O) groups is 1. The van der Waals surface area contributed by atoms with Crippen LogP contribution in [0.4, 0.5) is 5.69 Å². The van der Waals surface area contributed by atoms with Gasteiger partial charge in [0.15, 0.2) is 11.5 Å². The number of aryl methyl sites for hydroxylation is 2. The maximum absolute atomic E-state index is 13.8. The molecule has 7 heteroatoms. The largest absolute Gasteiger partial charge is 0.485 e. The van der Waals surface area contributed by atoms with E-state index in [1.807, 2.05) is 91.9 Å². The summed E-state index contributed by atoms with van der Waals surface area (Å²) >= 11 is 0. The summed E-state index contributed by atoms with van der Waals surface area (Å²) in [5.74, 6) is 1.82. The number of hydrogen-bond donors (Lipinski definition) is 2. The highest BCUT2D eigenvalue weighted by molar-refractivity contribution is 6.03. The SMILES string of the molecule is CCc1cccc(-n2nc(C)cc2C(=O)Nc2cccc(C(NCC3CC3)c3cccc(OCc4ccccc4)c3OCc3ccccc3)c2)c1. The Morgan fingerprint density at radius 3 is 2.20 bits per heavy atom. The van der Waals surface area contributed by atoms with E-state index in [4.69, 9.17) is 9.47 Å². The first kappa shape index (κ1) is 33.8. The zero-order chi connectivity index (χ0) is 35.0. The number of ether oxygens (including phenoxy) is 2. The molecule has 258 valence electrons. The maximum atomic E-state index is 13.8. The van der Waals surface area contributed by atoms with E-state index in [1.165, 1.54) is 18.4 Å². The van der Waals surface area contributed by atoms with Gasteiger partial charge in [-0.15, -0.1) is 0 Å². The van der Waals surface area contributed by atoms with Gasteiger partial charge in [0, 0.05) is 11.3 Å². The summed E-state index contributed by atoms with van der Waals surface area (Å²) < 4.78 is 14.8. The Bertz CT molecular complexity index is 2070. The molecule has 1 aromatic heterocycles. The van der Waals surface area contributed by atoms with Gasteiger partial charge in [-0.1, -0.05) is 104 Å². The number of rotatable bonds is 15. The molecule has 0 bridgehead atoms. The van der Waals surface area contributed by atoms with Crippen LogP contribution in [0.2, 0.25) is 0 Å². The van der Waals surface area contributed by atoms with Crippen molar-refractivity contribution in [2.45, 2.75) is 52.4 Å². The van der Waals surface area contributed by atoms with Crippen molar-refractivity contribution in [3.05, 3.63) is 173 Å². The van der Waals surface area contributed by atoms with Crippen molar-refractivity contribution >= 4 is 11.6 Å². The highest BCUT2D eigenvalue weighted by Gasteiger charge is 2.27. The first-order valence-corrected chi connectivity index (χ1v) is 17.8. The van der Waals surface area contributed by atoms with Crippen molar-refractivity contribution in [1.29, 1.82) is 0 Å². The second-order valence-electron chi connectivity index (χ2n) is 13.2. The van der Waals surface area contributed by atoms with Crippen LogP contribution in [-0.4, -0.2) is 22.2 Å². The Hall–Kier alpha value is -5.66. The number of anilines is 1. The summed E-state index contributed by atoms with van der Waals surface area (Å²) in [7, 11) is 0. The number of para-hydroxylation sites is 1. The molecule has 0 aliphatic heterocycles. The van der Waals surface area contributed by atoms with Crippen LogP contribution in [0.5, 0.6) is 11.5 Å². The van der Waals surface area contributed by atoms with Crippen LogP contribution < -0.4 is 20.1 Å². The van der Waals surface area contributed by atoms with Gasteiger partial charge in [0.2, 0.25) is 0 Å². The average Bonchev–Trinajstić information content (AvgIpc) is 3.92. The van der Waals surface area contributed by atoms with Gasteiger partial charge >= 0.3 is 0 Å². The van der Waals surface area contributed by atoms with Crippen LogP contribution in [0, 0.1) is 12.8 Å². The third kappa shape index (κ3) is 8.56. The van der Waals surface area contributed by atoms with Gasteiger partial charge in [0.25, 0.3) is 5.91 Å². The molecule has 51 heavy (non-hydrogen) atoms. The summed E-state index contributed by atoms with van der Waals surface area (Å²) in [6.45, 7) is 5.73. The van der Waals surface area contributed by atoms with Crippen molar-refractivity contribution in [3.63, 3.8) is 0 Å². The third-order valence-electron chi connectivity index (χ3n) is 9.20. The third-order valence-corrected chi connectivity index (χ3v) is 9.20. The average molecular weight is 677 g/mol. The fourth-order valence-corrected chi connectivity index (χ4v) is 6.26. The van der Waals surface area contributed by atoms with Crippen LogP contribution in [-0.2, 0) is 19.6 Å². The molecule has 0 radical (unpaired) electrons. The van der Waals surface area contributed by atoms with Crippen LogP contribution in [0.1, 0.15) is 69.8 Å². The van der Waals surface area contributed by atoms with E-state index in [-0.39, 0.29) is 11.9 Å². The molecule has 1 heterocycles. The Kier molecular flexibility index (Phi) is 10.6. The summed E-state index contributed by atoms with van der Waals surface area (Å²) in [4.78, 5) is 13.8. The van der Waals surface area contributed by atoms with E-state index >= 15 is 0 Å². The summed E-state index contributed by atoms with van der Waals surface area (Å²) in [6, 6.07) is 44.3. The number of benzene rings is 5.